The fourth-order valence-electron chi connectivity index (χ4n) is 7.89. The van der Waals surface area contributed by atoms with E-state index in [1.165, 1.54) is 92.8 Å². The van der Waals surface area contributed by atoms with Gasteiger partial charge in [0.1, 0.15) is 0 Å². The molecule has 1 aromatic heterocycles. The molecule has 0 saturated heterocycles. The molecule has 45 heavy (non-hydrogen) atoms. The first kappa shape index (κ1) is 24.7. The Balaban J connectivity index is 1.29. The van der Waals surface area contributed by atoms with Gasteiger partial charge < -0.3 is 4.57 Å². The van der Waals surface area contributed by atoms with Crippen LogP contribution in [0.4, 0.5) is 0 Å². The van der Waals surface area contributed by atoms with Crippen molar-refractivity contribution in [3.63, 3.8) is 0 Å². The van der Waals surface area contributed by atoms with E-state index in [1.54, 1.807) is 0 Å². The lowest BCUT2D eigenvalue weighted by Gasteiger charge is -2.16. The van der Waals surface area contributed by atoms with Crippen molar-refractivity contribution in [2.24, 2.45) is 0 Å². The van der Waals surface area contributed by atoms with E-state index in [4.69, 9.17) is 0 Å². The van der Waals surface area contributed by atoms with Gasteiger partial charge in [-0.2, -0.15) is 0 Å². The van der Waals surface area contributed by atoms with E-state index >= 15 is 0 Å². The third-order valence-corrected chi connectivity index (χ3v) is 9.96. The Hall–Kier alpha value is -5.66. The summed E-state index contributed by atoms with van der Waals surface area (Å²) in [6.45, 7) is 0. The van der Waals surface area contributed by atoms with Gasteiger partial charge in [-0.25, -0.2) is 0 Å². The Morgan fingerprint density at radius 1 is 0.444 bits per heavy atom. The molecule has 0 unspecified atom stereocenters. The Morgan fingerprint density at radius 3 is 1.93 bits per heavy atom. The number of rotatable bonds is 2. The van der Waals surface area contributed by atoms with E-state index in [0.717, 1.165) is 12.8 Å². The first-order valence-corrected chi connectivity index (χ1v) is 15.9. The maximum Gasteiger partial charge on any atom is 0.0622 e. The highest BCUT2D eigenvalue weighted by molar-refractivity contribution is 6.33. The van der Waals surface area contributed by atoms with Crippen molar-refractivity contribution in [1.29, 1.82) is 0 Å². The summed E-state index contributed by atoms with van der Waals surface area (Å²) < 4.78 is 2.58. The van der Waals surface area contributed by atoms with Gasteiger partial charge in [0.05, 0.1) is 5.52 Å². The van der Waals surface area contributed by atoms with Crippen molar-refractivity contribution < 1.29 is 0 Å². The molecule has 1 heteroatoms. The van der Waals surface area contributed by atoms with Gasteiger partial charge in [-0.1, -0.05) is 127 Å². The molecule has 0 radical (unpaired) electrons. The molecule has 0 bridgehead atoms. The lowest BCUT2D eigenvalue weighted by atomic mass is 9.91. The highest BCUT2D eigenvalue weighted by Crippen LogP contribution is 2.45. The minimum Gasteiger partial charge on any atom is -0.312 e. The molecule has 10 rings (SSSR count). The predicted molar refractivity (Wildman–Crippen MR) is 194 cm³/mol. The molecule has 0 N–H and O–H groups in total. The van der Waals surface area contributed by atoms with E-state index in [1.807, 2.05) is 0 Å². The van der Waals surface area contributed by atoms with Crippen LogP contribution in [0.15, 0.2) is 146 Å². The third kappa shape index (κ3) is 3.62. The maximum atomic E-state index is 2.58. The molecule has 8 aromatic carbocycles. The molecular formula is C44H29N. The summed E-state index contributed by atoms with van der Waals surface area (Å²) in [6, 6.07) is 51.8. The molecule has 1 aliphatic carbocycles. The Kier molecular flexibility index (Phi) is 5.18. The Bertz CT molecular complexity index is 2700. The molecule has 0 atom stereocenters. The smallest absolute Gasteiger partial charge is 0.0622 e. The zero-order valence-electron chi connectivity index (χ0n) is 24.8. The molecule has 0 spiro atoms. The molecular weight excluding hydrogens is 542 g/mol. The molecule has 210 valence electrons. The fourth-order valence-corrected chi connectivity index (χ4v) is 7.89. The van der Waals surface area contributed by atoms with Gasteiger partial charge in [0, 0.05) is 33.1 Å². The molecule has 0 saturated carbocycles. The molecule has 0 aliphatic heterocycles. The Labute approximate surface area is 261 Å². The first-order valence-electron chi connectivity index (χ1n) is 15.9. The number of aromatic nitrogens is 1. The second kappa shape index (κ2) is 9.42. The standard InChI is InChI=1S/C44H29N/c1-2-11-31-25-32(19-17-28(31)9-1)33-20-18-29-21-23-35(27-34(29)26-33)45-41-16-8-7-15-40(41)43-42-36-12-4-3-10-30(36)22-24-38(42)37-13-5-6-14-39(37)44(43)45/h1-7,9-15,17-27H,8,16H2. The summed E-state index contributed by atoms with van der Waals surface area (Å²) in [5, 5.41) is 14.4. The third-order valence-electron chi connectivity index (χ3n) is 9.96. The maximum absolute atomic E-state index is 2.58. The van der Waals surface area contributed by atoms with Crippen LogP contribution in [0.25, 0.3) is 87.7 Å². The van der Waals surface area contributed by atoms with Gasteiger partial charge in [0.25, 0.3) is 0 Å². The quantitative estimate of drug-likeness (QED) is 0.182. The van der Waals surface area contributed by atoms with Gasteiger partial charge in [-0.3, -0.25) is 0 Å². The van der Waals surface area contributed by atoms with Crippen LogP contribution in [0.1, 0.15) is 17.7 Å². The van der Waals surface area contributed by atoms with Crippen LogP contribution in [0.5, 0.6) is 0 Å². The minimum absolute atomic E-state index is 1.02. The van der Waals surface area contributed by atoms with Crippen LogP contribution in [0.2, 0.25) is 0 Å². The largest absolute Gasteiger partial charge is 0.312 e. The number of hydrogen-bond acceptors (Lipinski definition) is 0. The molecule has 9 aromatic rings. The van der Waals surface area contributed by atoms with Gasteiger partial charge in [0.2, 0.25) is 0 Å². The topological polar surface area (TPSA) is 4.93 Å². The van der Waals surface area contributed by atoms with Crippen LogP contribution >= 0.6 is 0 Å². The second-order valence-electron chi connectivity index (χ2n) is 12.4. The fraction of sp³-hybridized carbons (Fsp3) is 0.0455. The summed E-state index contributed by atoms with van der Waals surface area (Å²) in [4.78, 5) is 0. The van der Waals surface area contributed by atoms with Crippen molar-refractivity contribution >= 4 is 70.8 Å². The zero-order valence-corrected chi connectivity index (χ0v) is 24.8. The van der Waals surface area contributed by atoms with Crippen LogP contribution in [-0.2, 0) is 6.42 Å². The van der Waals surface area contributed by atoms with E-state index in [2.05, 4.69) is 156 Å². The molecule has 1 aliphatic rings. The number of nitrogens with zero attached hydrogens (tertiary/aromatic N) is 1. The number of hydrogen-bond donors (Lipinski definition) is 0. The van der Waals surface area contributed by atoms with E-state index < -0.39 is 0 Å². The first-order chi connectivity index (χ1) is 22.3. The van der Waals surface area contributed by atoms with Crippen LogP contribution in [0, 0.1) is 0 Å². The SMILES string of the molecule is C1=Cc2c(n(-c3ccc4ccc(-c5ccc6ccccc6c5)cc4c3)c3c4ccccc4c4ccc5ccccc5c4c23)CC1. The molecule has 0 amide bonds. The average molecular weight is 572 g/mol. The van der Waals surface area contributed by atoms with Crippen LogP contribution in [-0.4, -0.2) is 4.57 Å². The number of fused-ring (bicyclic) bond motifs is 12. The highest BCUT2D eigenvalue weighted by atomic mass is 15.0. The lowest BCUT2D eigenvalue weighted by Crippen LogP contribution is -2.03. The Morgan fingerprint density at radius 2 is 1.09 bits per heavy atom. The zero-order chi connectivity index (χ0) is 29.5. The average Bonchev–Trinajstić information content (AvgIpc) is 3.46. The summed E-state index contributed by atoms with van der Waals surface area (Å²) in [5.41, 5.74) is 7.81. The van der Waals surface area contributed by atoms with Gasteiger partial charge in [-0.05, 0) is 91.3 Å². The normalized spacial score (nSPS) is 13.1. The van der Waals surface area contributed by atoms with Crippen LogP contribution in [0.3, 0.4) is 0 Å². The van der Waals surface area contributed by atoms with E-state index in [9.17, 15) is 0 Å². The van der Waals surface area contributed by atoms with E-state index in [0.29, 0.717) is 0 Å². The van der Waals surface area contributed by atoms with Crippen molar-refractivity contribution in [3.8, 4) is 16.8 Å². The molecule has 0 fully saturated rings. The van der Waals surface area contributed by atoms with Gasteiger partial charge >= 0.3 is 0 Å². The highest BCUT2D eigenvalue weighted by Gasteiger charge is 2.24. The van der Waals surface area contributed by atoms with Gasteiger partial charge in [-0.15, -0.1) is 0 Å². The van der Waals surface area contributed by atoms with Crippen molar-refractivity contribution in [3.05, 3.63) is 157 Å². The van der Waals surface area contributed by atoms with E-state index in [-0.39, 0.29) is 0 Å². The summed E-state index contributed by atoms with van der Waals surface area (Å²) in [5.74, 6) is 0. The molecule has 1 nitrogen and oxygen atoms in total. The minimum atomic E-state index is 1.02. The summed E-state index contributed by atoms with van der Waals surface area (Å²) in [6.07, 6.45) is 6.82. The van der Waals surface area contributed by atoms with Crippen LogP contribution < -0.4 is 0 Å². The van der Waals surface area contributed by atoms with Gasteiger partial charge in [0.15, 0.2) is 0 Å². The van der Waals surface area contributed by atoms with Crippen molar-refractivity contribution in [1.82, 2.24) is 4.57 Å². The number of allylic oxidation sites excluding steroid dienone is 1. The predicted octanol–water partition coefficient (Wildman–Crippen LogP) is 12.0. The lowest BCUT2D eigenvalue weighted by molar-refractivity contribution is 0.890. The van der Waals surface area contributed by atoms with Crippen molar-refractivity contribution in [2.75, 3.05) is 0 Å². The monoisotopic (exact) mass is 571 g/mol. The van der Waals surface area contributed by atoms with Crippen molar-refractivity contribution in [2.45, 2.75) is 12.8 Å². The summed E-state index contributed by atoms with van der Waals surface area (Å²) in [7, 11) is 0. The summed E-state index contributed by atoms with van der Waals surface area (Å²) >= 11 is 0. The second-order valence-corrected chi connectivity index (χ2v) is 12.4. The molecule has 1 heterocycles. The number of benzene rings is 8.